The maximum absolute atomic E-state index is 13.2. The normalized spacial score (nSPS) is 13.0. The van der Waals surface area contributed by atoms with Crippen molar-refractivity contribution in [3.8, 4) is 17.2 Å². The van der Waals surface area contributed by atoms with E-state index in [1.807, 2.05) is 27.7 Å². The van der Waals surface area contributed by atoms with Crippen molar-refractivity contribution in [2.45, 2.75) is 39.7 Å². The van der Waals surface area contributed by atoms with Gasteiger partial charge in [0, 0.05) is 30.3 Å². The number of fused-ring (bicyclic) bond motifs is 1. The Bertz CT molecular complexity index is 1120. The first-order valence-corrected chi connectivity index (χ1v) is 10.7. The van der Waals surface area contributed by atoms with Crippen LogP contribution in [0.4, 0.5) is 0 Å². The molecular weight excluding hydrogens is 424 g/mol. The zero-order valence-corrected chi connectivity index (χ0v) is 19.8. The number of phenolic OH excluding ortho intramolecular Hbond substituents is 1. The van der Waals surface area contributed by atoms with Crippen LogP contribution in [-0.2, 0) is 12.0 Å². The molecule has 3 N–H and O–H groups in total. The molecule has 0 fully saturated rings. The number of carbonyl (C=O) groups excluding carboxylic acids is 2. The van der Waals surface area contributed by atoms with Crippen molar-refractivity contribution in [1.82, 2.24) is 15.2 Å². The number of amides is 1. The lowest BCUT2D eigenvalue weighted by Gasteiger charge is -2.23. The lowest BCUT2D eigenvalue weighted by Crippen LogP contribution is -2.31. The zero-order chi connectivity index (χ0) is 24.5. The molecule has 3 rings (SSSR count). The molecule has 0 saturated heterocycles. The first-order valence-electron chi connectivity index (χ1n) is 10.7. The van der Waals surface area contributed by atoms with Gasteiger partial charge in [-0.1, -0.05) is 20.8 Å². The highest BCUT2D eigenvalue weighted by atomic mass is 16.5. The number of benzene rings is 1. The van der Waals surface area contributed by atoms with E-state index in [1.54, 1.807) is 17.0 Å². The SMILES string of the molecule is CCOc1cc2c(nc1C(=O)NC)C(=N)N(CC(=O)c1cc(OC)c(O)c(C(C)(C)C)c1)C2. The molecule has 2 heterocycles. The number of aromatic hydroxyl groups is 1. The van der Waals surface area contributed by atoms with Gasteiger partial charge in [-0.3, -0.25) is 15.0 Å². The van der Waals surface area contributed by atoms with Crippen molar-refractivity contribution in [3.05, 3.63) is 46.3 Å². The van der Waals surface area contributed by atoms with E-state index in [-0.39, 0.29) is 35.4 Å². The number of ketones is 1. The number of methoxy groups -OCH3 is 1. The van der Waals surface area contributed by atoms with Crippen molar-refractivity contribution < 1.29 is 24.2 Å². The summed E-state index contributed by atoms with van der Waals surface area (Å²) in [7, 11) is 2.94. The molecular formula is C24H30N4O5. The monoisotopic (exact) mass is 454 g/mol. The van der Waals surface area contributed by atoms with E-state index in [0.717, 1.165) is 0 Å². The molecule has 1 aromatic heterocycles. The highest BCUT2D eigenvalue weighted by molar-refractivity contribution is 6.05. The third-order valence-corrected chi connectivity index (χ3v) is 5.47. The van der Waals surface area contributed by atoms with Crippen LogP contribution in [0.2, 0.25) is 0 Å². The Balaban J connectivity index is 1.91. The number of ether oxygens (including phenoxy) is 2. The van der Waals surface area contributed by atoms with Gasteiger partial charge in [0.2, 0.25) is 0 Å². The van der Waals surface area contributed by atoms with Crippen LogP contribution in [0.5, 0.6) is 17.2 Å². The topological polar surface area (TPSA) is 125 Å². The molecule has 0 unspecified atom stereocenters. The maximum Gasteiger partial charge on any atom is 0.273 e. The van der Waals surface area contributed by atoms with Gasteiger partial charge in [0.25, 0.3) is 5.91 Å². The van der Waals surface area contributed by atoms with Crippen LogP contribution in [-0.4, -0.2) is 59.8 Å². The van der Waals surface area contributed by atoms with Gasteiger partial charge in [-0.05, 0) is 30.5 Å². The van der Waals surface area contributed by atoms with Crippen molar-refractivity contribution in [1.29, 1.82) is 5.41 Å². The fraction of sp³-hybridized carbons (Fsp3) is 0.417. The molecule has 9 heteroatoms. The first kappa shape index (κ1) is 24.0. The van der Waals surface area contributed by atoms with Crippen molar-refractivity contribution in [2.24, 2.45) is 0 Å². The minimum atomic E-state index is -0.408. The van der Waals surface area contributed by atoms with E-state index in [9.17, 15) is 14.7 Å². The Morgan fingerprint density at radius 2 is 1.94 bits per heavy atom. The highest BCUT2D eigenvalue weighted by Gasteiger charge is 2.31. The molecule has 176 valence electrons. The quantitative estimate of drug-likeness (QED) is 0.549. The number of rotatable bonds is 7. The van der Waals surface area contributed by atoms with E-state index in [1.165, 1.54) is 20.2 Å². The molecule has 0 radical (unpaired) electrons. The molecule has 1 aromatic carbocycles. The number of aromatic nitrogens is 1. The lowest BCUT2D eigenvalue weighted by atomic mass is 9.84. The van der Waals surface area contributed by atoms with Crippen molar-refractivity contribution in [3.63, 3.8) is 0 Å². The second kappa shape index (κ2) is 9.09. The third-order valence-electron chi connectivity index (χ3n) is 5.47. The molecule has 9 nitrogen and oxygen atoms in total. The average molecular weight is 455 g/mol. The van der Waals surface area contributed by atoms with E-state index in [2.05, 4.69) is 10.3 Å². The summed E-state index contributed by atoms with van der Waals surface area (Å²) in [4.78, 5) is 31.4. The molecule has 0 saturated carbocycles. The van der Waals surface area contributed by atoms with Gasteiger partial charge in [0.1, 0.15) is 11.5 Å². The molecule has 0 spiro atoms. The number of carbonyl (C=O) groups is 2. The van der Waals surface area contributed by atoms with E-state index in [4.69, 9.17) is 14.9 Å². The number of nitrogens with zero attached hydrogens (tertiary/aromatic N) is 2. The summed E-state index contributed by atoms with van der Waals surface area (Å²) in [5.74, 6) is 0.00597. The molecule has 0 atom stereocenters. The van der Waals surface area contributed by atoms with Gasteiger partial charge >= 0.3 is 0 Å². The lowest BCUT2D eigenvalue weighted by molar-refractivity contribution is 0.0949. The van der Waals surface area contributed by atoms with Crippen molar-refractivity contribution >= 4 is 17.5 Å². The number of Topliss-reactive ketones (excluding diaryl/α,β-unsaturated/α-hetero) is 1. The highest BCUT2D eigenvalue weighted by Crippen LogP contribution is 2.39. The minimum Gasteiger partial charge on any atom is -0.504 e. The largest absolute Gasteiger partial charge is 0.504 e. The van der Waals surface area contributed by atoms with Crippen LogP contribution >= 0.6 is 0 Å². The number of phenols is 1. The summed E-state index contributed by atoms with van der Waals surface area (Å²) in [6, 6.07) is 4.88. The van der Waals surface area contributed by atoms with Gasteiger partial charge in [-0.2, -0.15) is 0 Å². The van der Waals surface area contributed by atoms with E-state index >= 15 is 0 Å². The predicted molar refractivity (Wildman–Crippen MR) is 124 cm³/mol. The Labute approximate surface area is 193 Å². The van der Waals surface area contributed by atoms with Gasteiger partial charge in [-0.15, -0.1) is 0 Å². The van der Waals surface area contributed by atoms with Crippen LogP contribution in [0.15, 0.2) is 18.2 Å². The van der Waals surface area contributed by atoms with Gasteiger partial charge in [0.15, 0.2) is 28.7 Å². The molecule has 1 aliphatic rings. The summed E-state index contributed by atoms with van der Waals surface area (Å²) >= 11 is 0. The van der Waals surface area contributed by atoms with Crippen LogP contribution in [0.1, 0.15) is 65.4 Å². The minimum absolute atomic E-state index is 0.0113. The number of hydrogen-bond acceptors (Lipinski definition) is 7. The van der Waals surface area contributed by atoms with Gasteiger partial charge < -0.3 is 24.8 Å². The van der Waals surface area contributed by atoms with Crippen LogP contribution in [0, 0.1) is 5.41 Å². The smallest absolute Gasteiger partial charge is 0.273 e. The Morgan fingerprint density at radius 1 is 1.24 bits per heavy atom. The Kier molecular flexibility index (Phi) is 6.62. The van der Waals surface area contributed by atoms with Gasteiger partial charge in [-0.25, -0.2) is 4.98 Å². The summed E-state index contributed by atoms with van der Waals surface area (Å²) in [5, 5.41) is 21.6. The number of pyridine rings is 1. The standard InChI is InChI=1S/C24H30N4O5/c1-7-33-17-10-14-11-28(22(25)19(14)27-20(17)23(31)26-5)12-16(29)13-8-15(24(2,3)4)21(30)18(9-13)32-6/h8-10,25,30H,7,11-12H2,1-6H3,(H,26,31). The van der Waals surface area contributed by atoms with E-state index < -0.39 is 11.3 Å². The summed E-state index contributed by atoms with van der Waals surface area (Å²) in [5.41, 5.74) is 1.75. The second-order valence-corrected chi connectivity index (χ2v) is 8.81. The average Bonchev–Trinajstić information content (AvgIpc) is 3.06. The first-order chi connectivity index (χ1) is 15.5. The van der Waals surface area contributed by atoms with E-state index in [0.29, 0.717) is 41.3 Å². The van der Waals surface area contributed by atoms with Crippen LogP contribution in [0.25, 0.3) is 0 Å². The van der Waals surface area contributed by atoms with Crippen LogP contribution in [0.3, 0.4) is 0 Å². The fourth-order valence-electron chi connectivity index (χ4n) is 3.74. The fourth-order valence-corrected chi connectivity index (χ4v) is 3.74. The molecule has 33 heavy (non-hydrogen) atoms. The number of hydrogen-bond donors (Lipinski definition) is 3. The second-order valence-electron chi connectivity index (χ2n) is 8.81. The maximum atomic E-state index is 13.2. The van der Waals surface area contributed by atoms with Crippen LogP contribution < -0.4 is 14.8 Å². The Morgan fingerprint density at radius 3 is 2.52 bits per heavy atom. The summed E-state index contributed by atoms with van der Waals surface area (Å²) in [6.45, 7) is 8.22. The predicted octanol–water partition coefficient (Wildman–Crippen LogP) is 2.88. The molecule has 0 aliphatic carbocycles. The molecule has 1 amide bonds. The number of nitrogens with one attached hydrogen (secondary N) is 2. The summed E-state index contributed by atoms with van der Waals surface area (Å²) in [6.07, 6.45) is 0. The zero-order valence-electron chi connectivity index (χ0n) is 19.8. The molecule has 2 aromatic rings. The van der Waals surface area contributed by atoms with Crippen molar-refractivity contribution in [2.75, 3.05) is 27.3 Å². The Hall–Kier alpha value is -3.62. The molecule has 1 aliphatic heterocycles. The third kappa shape index (κ3) is 4.62. The molecule has 0 bridgehead atoms. The summed E-state index contributed by atoms with van der Waals surface area (Å²) < 4.78 is 10.8. The van der Waals surface area contributed by atoms with Gasteiger partial charge in [0.05, 0.1) is 20.3 Å². The number of amidine groups is 1.